The predicted octanol–water partition coefficient (Wildman–Crippen LogP) is 3.99. The Morgan fingerprint density at radius 3 is 2.94 bits per heavy atom. The number of pyridine rings is 1. The van der Waals surface area contributed by atoms with Crippen molar-refractivity contribution in [1.82, 2.24) is 19.8 Å². The topological polar surface area (TPSA) is 62.5 Å². The summed E-state index contributed by atoms with van der Waals surface area (Å²) < 4.78 is 19.4. The van der Waals surface area contributed by atoms with Crippen LogP contribution in [0, 0.1) is 5.82 Å². The molecule has 1 fully saturated rings. The van der Waals surface area contributed by atoms with E-state index < -0.39 is 0 Å². The molecule has 0 radical (unpaired) electrons. The third-order valence-corrected chi connectivity index (χ3v) is 5.51. The van der Waals surface area contributed by atoms with E-state index in [9.17, 15) is 9.18 Å². The van der Waals surface area contributed by atoms with Gasteiger partial charge in [-0.2, -0.15) is 0 Å². The third kappa shape index (κ3) is 5.55. The second-order valence-electron chi connectivity index (χ2n) is 8.06. The predicted molar refractivity (Wildman–Crippen MR) is 115 cm³/mol. The summed E-state index contributed by atoms with van der Waals surface area (Å²) in [6.07, 6.45) is 6.75. The van der Waals surface area contributed by atoms with Crippen LogP contribution in [-0.2, 0) is 17.8 Å². The molecule has 1 aliphatic heterocycles. The van der Waals surface area contributed by atoms with Gasteiger partial charge in [0, 0.05) is 25.7 Å². The molecule has 0 bridgehead atoms. The minimum Gasteiger partial charge on any atom is -0.443 e. The number of rotatable bonds is 7. The number of piperidine rings is 1. The number of aromatic nitrogens is 2. The average molecular weight is 423 g/mol. The van der Waals surface area contributed by atoms with Crippen LogP contribution in [0.25, 0.3) is 0 Å². The maximum atomic E-state index is 13.4. The summed E-state index contributed by atoms with van der Waals surface area (Å²) in [6, 6.07) is 12.1. The number of halogens is 1. The Bertz CT molecular complexity index is 1010. The smallest absolute Gasteiger partial charge is 0.237 e. The van der Waals surface area contributed by atoms with Crippen molar-refractivity contribution in [1.29, 1.82) is 0 Å². The summed E-state index contributed by atoms with van der Waals surface area (Å²) in [7, 11) is 1.92. The molecule has 0 N–H and O–H groups in total. The van der Waals surface area contributed by atoms with E-state index in [1.54, 1.807) is 18.5 Å². The molecule has 3 aromatic rings. The minimum absolute atomic E-state index is 0.0630. The maximum Gasteiger partial charge on any atom is 0.237 e. The zero-order valence-corrected chi connectivity index (χ0v) is 17.7. The fourth-order valence-corrected chi connectivity index (χ4v) is 4.04. The second-order valence-corrected chi connectivity index (χ2v) is 8.06. The monoisotopic (exact) mass is 422 g/mol. The van der Waals surface area contributed by atoms with Crippen molar-refractivity contribution >= 4 is 5.91 Å². The van der Waals surface area contributed by atoms with Crippen LogP contribution in [0.4, 0.5) is 4.39 Å². The normalized spacial score (nSPS) is 16.6. The van der Waals surface area contributed by atoms with E-state index >= 15 is 0 Å². The zero-order chi connectivity index (χ0) is 21.6. The highest BCUT2D eigenvalue weighted by molar-refractivity contribution is 5.78. The van der Waals surface area contributed by atoms with E-state index in [-0.39, 0.29) is 17.8 Å². The number of likely N-dealkylation sites (tertiary alicyclic amines) is 1. The van der Waals surface area contributed by atoms with Gasteiger partial charge in [0.05, 0.1) is 18.4 Å². The molecule has 3 heterocycles. The molecule has 1 atom stereocenters. The van der Waals surface area contributed by atoms with Gasteiger partial charge in [-0.25, -0.2) is 9.37 Å². The number of carbonyl (C=O) groups excluding carboxylic acids is 1. The van der Waals surface area contributed by atoms with E-state index in [0.29, 0.717) is 37.7 Å². The Labute approximate surface area is 181 Å². The van der Waals surface area contributed by atoms with Crippen molar-refractivity contribution in [2.24, 2.45) is 0 Å². The highest BCUT2D eigenvalue weighted by Gasteiger charge is 2.31. The Balaban J connectivity index is 1.41. The Hall–Kier alpha value is -3.06. The van der Waals surface area contributed by atoms with Gasteiger partial charge in [0.2, 0.25) is 11.8 Å². The van der Waals surface area contributed by atoms with E-state index in [2.05, 4.69) is 9.97 Å². The summed E-state index contributed by atoms with van der Waals surface area (Å²) in [4.78, 5) is 25.7. The summed E-state index contributed by atoms with van der Waals surface area (Å²) in [5, 5.41) is 0. The number of likely N-dealkylation sites (N-methyl/N-ethyl adjacent to an activating group) is 1. The molecule has 4 rings (SSSR count). The van der Waals surface area contributed by atoms with Crippen molar-refractivity contribution in [2.75, 3.05) is 20.1 Å². The summed E-state index contributed by atoms with van der Waals surface area (Å²) >= 11 is 0. The first-order valence-electron chi connectivity index (χ1n) is 10.7. The van der Waals surface area contributed by atoms with E-state index in [0.717, 1.165) is 30.5 Å². The van der Waals surface area contributed by atoms with Crippen LogP contribution in [0.15, 0.2) is 59.3 Å². The molecular weight excluding hydrogens is 395 g/mol. The van der Waals surface area contributed by atoms with Crippen LogP contribution in [0.5, 0.6) is 0 Å². The molecule has 0 unspecified atom stereocenters. The first-order chi connectivity index (χ1) is 15.1. The second kappa shape index (κ2) is 9.83. The molecule has 31 heavy (non-hydrogen) atoms. The van der Waals surface area contributed by atoms with Gasteiger partial charge in [-0.3, -0.25) is 14.7 Å². The zero-order valence-electron chi connectivity index (χ0n) is 17.7. The van der Waals surface area contributed by atoms with Crippen molar-refractivity contribution in [3.8, 4) is 0 Å². The van der Waals surface area contributed by atoms with Gasteiger partial charge in [0.25, 0.3) is 0 Å². The lowest BCUT2D eigenvalue weighted by atomic mass is 10.0. The number of hydrogen-bond acceptors (Lipinski definition) is 5. The van der Waals surface area contributed by atoms with Gasteiger partial charge in [-0.1, -0.05) is 18.2 Å². The third-order valence-electron chi connectivity index (χ3n) is 5.51. The fourth-order valence-electron chi connectivity index (χ4n) is 4.04. The van der Waals surface area contributed by atoms with E-state index in [1.165, 1.54) is 12.1 Å². The van der Waals surface area contributed by atoms with Crippen LogP contribution < -0.4 is 0 Å². The van der Waals surface area contributed by atoms with E-state index in [4.69, 9.17) is 4.42 Å². The number of amides is 1. The Morgan fingerprint density at radius 2 is 2.13 bits per heavy atom. The Morgan fingerprint density at radius 1 is 1.23 bits per heavy atom. The molecule has 0 aliphatic carbocycles. The first-order valence-corrected chi connectivity index (χ1v) is 10.7. The van der Waals surface area contributed by atoms with Crippen LogP contribution >= 0.6 is 0 Å². The minimum atomic E-state index is -0.267. The SMILES string of the molecule is CN(CC(=O)N1CCCC[C@H]1c1ncc(Cc2cccc(F)c2)o1)Cc1ccccn1. The van der Waals surface area contributed by atoms with Crippen molar-refractivity contribution in [3.63, 3.8) is 0 Å². The van der Waals surface area contributed by atoms with Gasteiger partial charge < -0.3 is 9.32 Å². The summed E-state index contributed by atoms with van der Waals surface area (Å²) in [6.45, 7) is 1.62. The van der Waals surface area contributed by atoms with Crippen LogP contribution in [0.2, 0.25) is 0 Å². The number of carbonyl (C=O) groups is 1. The Kier molecular flexibility index (Phi) is 6.72. The quantitative estimate of drug-likeness (QED) is 0.576. The van der Waals surface area contributed by atoms with Gasteiger partial charge in [0.1, 0.15) is 17.6 Å². The molecule has 0 saturated carbocycles. The number of benzene rings is 1. The van der Waals surface area contributed by atoms with Crippen molar-refractivity contribution in [3.05, 3.63) is 83.6 Å². The van der Waals surface area contributed by atoms with Gasteiger partial charge in [-0.05, 0) is 56.1 Å². The van der Waals surface area contributed by atoms with Crippen LogP contribution in [0.3, 0.4) is 0 Å². The lowest BCUT2D eigenvalue weighted by Crippen LogP contribution is -2.43. The number of nitrogens with zero attached hydrogens (tertiary/aromatic N) is 4. The molecule has 1 amide bonds. The summed E-state index contributed by atoms with van der Waals surface area (Å²) in [5.74, 6) is 1.03. The maximum absolute atomic E-state index is 13.4. The average Bonchev–Trinajstić information content (AvgIpc) is 3.22. The van der Waals surface area contributed by atoms with Gasteiger partial charge in [0.15, 0.2) is 0 Å². The highest BCUT2D eigenvalue weighted by atomic mass is 19.1. The van der Waals surface area contributed by atoms with Crippen molar-refractivity contribution < 1.29 is 13.6 Å². The molecule has 6 nitrogen and oxygen atoms in total. The summed E-state index contributed by atoms with van der Waals surface area (Å²) in [5.41, 5.74) is 1.76. The molecule has 1 aliphatic rings. The largest absolute Gasteiger partial charge is 0.443 e. The lowest BCUT2D eigenvalue weighted by molar-refractivity contribution is -0.136. The van der Waals surface area contributed by atoms with Crippen molar-refractivity contribution in [2.45, 2.75) is 38.3 Å². The highest BCUT2D eigenvalue weighted by Crippen LogP contribution is 2.31. The standard InChI is InChI=1S/C24H27FN4O2/c1-28(16-20-9-2-4-11-26-20)17-23(30)29-12-5-3-10-22(29)24-27-15-21(31-24)14-18-7-6-8-19(25)13-18/h2,4,6-9,11,13,15,22H,3,5,10,12,14,16-17H2,1H3/t22-/m0/s1. The van der Waals surface area contributed by atoms with Gasteiger partial charge >= 0.3 is 0 Å². The van der Waals surface area contributed by atoms with Crippen LogP contribution in [0.1, 0.15) is 48.2 Å². The van der Waals surface area contributed by atoms with Gasteiger partial charge in [-0.15, -0.1) is 0 Å². The molecule has 0 spiro atoms. The number of oxazole rings is 1. The lowest BCUT2D eigenvalue weighted by Gasteiger charge is -2.34. The molecule has 162 valence electrons. The molecule has 1 saturated heterocycles. The first kappa shape index (κ1) is 21.2. The molecular formula is C24H27FN4O2. The fraction of sp³-hybridized carbons (Fsp3) is 0.375. The number of hydrogen-bond donors (Lipinski definition) is 0. The molecule has 1 aromatic carbocycles. The molecule has 7 heteroatoms. The molecule has 2 aromatic heterocycles. The van der Waals surface area contributed by atoms with E-state index in [1.807, 2.05) is 41.1 Å². The van der Waals surface area contributed by atoms with Crippen LogP contribution in [-0.4, -0.2) is 45.8 Å².